The third-order valence-electron chi connectivity index (χ3n) is 4.64. The summed E-state index contributed by atoms with van der Waals surface area (Å²) in [5.41, 5.74) is -0.407. The first-order valence-corrected chi connectivity index (χ1v) is 7.88. The summed E-state index contributed by atoms with van der Waals surface area (Å²) < 4.78 is 2.01. The Morgan fingerprint density at radius 2 is 2.00 bits per heavy atom. The Kier molecular flexibility index (Phi) is 4.97. The number of aliphatic hydroxyl groups is 1. The van der Waals surface area contributed by atoms with Crippen LogP contribution in [0.2, 0.25) is 0 Å². The highest BCUT2D eigenvalue weighted by molar-refractivity contribution is 5.88. The molecule has 0 spiro atoms. The number of carbonyl (C=O) groups excluding carboxylic acids is 1. The van der Waals surface area contributed by atoms with Gasteiger partial charge in [-0.25, -0.2) is 0 Å². The lowest BCUT2D eigenvalue weighted by molar-refractivity contribution is -0.137. The number of ketones is 1. The fourth-order valence-electron chi connectivity index (χ4n) is 2.99. The predicted molar refractivity (Wildman–Crippen MR) is 78.6 cm³/mol. The third-order valence-corrected chi connectivity index (χ3v) is 4.64. The van der Waals surface area contributed by atoms with E-state index in [0.29, 0.717) is 18.9 Å². The van der Waals surface area contributed by atoms with Gasteiger partial charge in [0, 0.05) is 6.20 Å². The van der Waals surface area contributed by atoms with E-state index in [-0.39, 0.29) is 12.2 Å². The first-order valence-electron chi connectivity index (χ1n) is 7.88. The van der Waals surface area contributed by atoms with Crippen molar-refractivity contribution in [2.24, 2.45) is 0 Å². The first kappa shape index (κ1) is 15.2. The van der Waals surface area contributed by atoms with Crippen LogP contribution in [0.25, 0.3) is 0 Å². The van der Waals surface area contributed by atoms with Crippen molar-refractivity contribution in [1.29, 1.82) is 0 Å². The Bertz CT molecular complexity index is 443. The van der Waals surface area contributed by atoms with Gasteiger partial charge in [-0.2, -0.15) is 5.10 Å². The molecule has 0 unspecified atom stereocenters. The molecule has 4 heteroatoms. The van der Waals surface area contributed by atoms with Crippen molar-refractivity contribution in [3.05, 3.63) is 18.0 Å². The maximum Gasteiger partial charge on any atom is 0.170 e. The lowest BCUT2D eigenvalue weighted by atomic mass is 9.90. The summed E-state index contributed by atoms with van der Waals surface area (Å²) in [6.07, 6.45) is 9.37. The molecule has 2 rings (SSSR count). The van der Waals surface area contributed by atoms with Gasteiger partial charge in [-0.05, 0) is 31.7 Å². The van der Waals surface area contributed by atoms with Crippen LogP contribution < -0.4 is 0 Å². The molecular formula is C16H26N2O2. The Morgan fingerprint density at radius 1 is 1.35 bits per heavy atom. The molecule has 1 heterocycles. The van der Waals surface area contributed by atoms with E-state index in [2.05, 4.69) is 5.10 Å². The van der Waals surface area contributed by atoms with Crippen molar-refractivity contribution < 1.29 is 9.90 Å². The normalized spacial score (nSPS) is 17.4. The molecule has 1 aliphatic carbocycles. The lowest BCUT2D eigenvalue weighted by Crippen LogP contribution is -2.38. The minimum atomic E-state index is -1.19. The van der Waals surface area contributed by atoms with Crippen molar-refractivity contribution in [2.75, 3.05) is 0 Å². The molecule has 0 aliphatic heterocycles. The highest BCUT2D eigenvalue weighted by Gasteiger charge is 2.31. The van der Waals surface area contributed by atoms with Crippen molar-refractivity contribution in [1.82, 2.24) is 9.78 Å². The quantitative estimate of drug-likeness (QED) is 0.870. The monoisotopic (exact) mass is 278 g/mol. The number of Topliss-reactive ketones (excluding diaryl/α,β-unsaturated/α-hetero) is 1. The molecule has 4 nitrogen and oxygen atoms in total. The smallest absolute Gasteiger partial charge is 0.170 e. The fourth-order valence-corrected chi connectivity index (χ4v) is 2.99. The number of rotatable bonds is 6. The van der Waals surface area contributed by atoms with Crippen molar-refractivity contribution in [3.63, 3.8) is 0 Å². The minimum Gasteiger partial charge on any atom is -0.382 e. The van der Waals surface area contributed by atoms with Gasteiger partial charge in [0.1, 0.15) is 5.60 Å². The van der Waals surface area contributed by atoms with Gasteiger partial charge >= 0.3 is 0 Å². The lowest BCUT2D eigenvalue weighted by Gasteiger charge is -2.23. The summed E-state index contributed by atoms with van der Waals surface area (Å²) in [6.45, 7) is 3.70. The number of hydrogen-bond acceptors (Lipinski definition) is 3. The van der Waals surface area contributed by atoms with Crippen molar-refractivity contribution >= 4 is 5.78 Å². The van der Waals surface area contributed by atoms with Gasteiger partial charge in [0.2, 0.25) is 0 Å². The summed E-state index contributed by atoms with van der Waals surface area (Å²) in [7, 11) is 0. The molecule has 0 saturated heterocycles. The zero-order chi connectivity index (χ0) is 14.6. The molecule has 0 bridgehead atoms. The second kappa shape index (κ2) is 6.53. The van der Waals surface area contributed by atoms with Gasteiger partial charge in [-0.15, -0.1) is 0 Å². The molecule has 1 saturated carbocycles. The van der Waals surface area contributed by atoms with E-state index in [0.717, 1.165) is 5.69 Å². The van der Waals surface area contributed by atoms with Crippen molar-refractivity contribution in [2.45, 2.75) is 76.9 Å². The summed E-state index contributed by atoms with van der Waals surface area (Å²) in [5.74, 6) is -0.114. The summed E-state index contributed by atoms with van der Waals surface area (Å²) in [4.78, 5) is 12.2. The molecule has 0 atom stereocenters. The Balaban J connectivity index is 2.00. The van der Waals surface area contributed by atoms with Gasteiger partial charge < -0.3 is 5.11 Å². The minimum absolute atomic E-state index is 0.114. The molecule has 1 N–H and O–H groups in total. The second-order valence-corrected chi connectivity index (χ2v) is 5.92. The van der Waals surface area contributed by atoms with Gasteiger partial charge in [-0.1, -0.05) is 33.1 Å². The predicted octanol–water partition coefficient (Wildman–Crippen LogP) is 3.05. The average Bonchev–Trinajstić information content (AvgIpc) is 2.95. The van der Waals surface area contributed by atoms with Crippen LogP contribution in [-0.2, 0) is 11.2 Å². The van der Waals surface area contributed by atoms with E-state index in [1.165, 1.54) is 32.1 Å². The number of hydrogen-bond donors (Lipinski definition) is 1. The van der Waals surface area contributed by atoms with Crippen LogP contribution >= 0.6 is 0 Å². The molecule has 0 radical (unpaired) electrons. The van der Waals surface area contributed by atoms with Gasteiger partial charge in [0.25, 0.3) is 0 Å². The van der Waals surface area contributed by atoms with Gasteiger partial charge in [0.05, 0.1) is 18.2 Å². The standard InChI is InChI=1S/C16H26N2O2/c1-3-16(20,4-2)15(19)12-13-10-11-18(17-13)14-8-6-5-7-9-14/h10-11,14,20H,3-9,12H2,1-2H3. The highest BCUT2D eigenvalue weighted by Crippen LogP contribution is 2.27. The maximum absolute atomic E-state index is 12.2. The number of aromatic nitrogens is 2. The van der Waals surface area contributed by atoms with Crippen LogP contribution in [0.15, 0.2) is 12.3 Å². The van der Waals surface area contributed by atoms with Crippen molar-refractivity contribution in [3.8, 4) is 0 Å². The van der Waals surface area contributed by atoms with Crippen LogP contribution in [0.1, 0.15) is 70.5 Å². The molecule has 1 fully saturated rings. The van der Waals surface area contributed by atoms with Crippen LogP contribution in [0.4, 0.5) is 0 Å². The molecule has 0 aromatic carbocycles. The van der Waals surface area contributed by atoms with Crippen LogP contribution in [-0.4, -0.2) is 26.3 Å². The SMILES string of the molecule is CCC(O)(CC)C(=O)Cc1ccn(C2CCCCC2)n1. The molecule has 1 aromatic rings. The van der Waals surface area contributed by atoms with E-state index in [1.807, 2.05) is 30.8 Å². The zero-order valence-electron chi connectivity index (χ0n) is 12.6. The zero-order valence-corrected chi connectivity index (χ0v) is 12.6. The highest BCUT2D eigenvalue weighted by atomic mass is 16.3. The van der Waals surface area contributed by atoms with E-state index in [1.54, 1.807) is 0 Å². The molecule has 20 heavy (non-hydrogen) atoms. The van der Waals surface area contributed by atoms with Crippen LogP contribution in [0, 0.1) is 0 Å². The van der Waals surface area contributed by atoms with E-state index in [9.17, 15) is 9.90 Å². The van der Waals surface area contributed by atoms with E-state index >= 15 is 0 Å². The number of carbonyl (C=O) groups is 1. The van der Waals surface area contributed by atoms with Crippen LogP contribution in [0.3, 0.4) is 0 Å². The summed E-state index contributed by atoms with van der Waals surface area (Å²) in [6, 6.07) is 2.40. The molecule has 112 valence electrons. The van der Waals surface area contributed by atoms with Crippen LogP contribution in [0.5, 0.6) is 0 Å². The molecule has 0 amide bonds. The average molecular weight is 278 g/mol. The first-order chi connectivity index (χ1) is 9.59. The maximum atomic E-state index is 12.2. The Labute approximate surface area is 121 Å². The Morgan fingerprint density at radius 3 is 2.60 bits per heavy atom. The topological polar surface area (TPSA) is 55.1 Å². The number of nitrogens with zero attached hydrogens (tertiary/aromatic N) is 2. The largest absolute Gasteiger partial charge is 0.382 e. The van der Waals surface area contributed by atoms with E-state index < -0.39 is 5.60 Å². The second-order valence-electron chi connectivity index (χ2n) is 5.92. The third kappa shape index (κ3) is 3.29. The molecule has 1 aliphatic rings. The fraction of sp³-hybridized carbons (Fsp3) is 0.750. The van der Waals surface area contributed by atoms with E-state index in [4.69, 9.17) is 0 Å². The Hall–Kier alpha value is -1.16. The van der Waals surface area contributed by atoms with Gasteiger partial charge in [0.15, 0.2) is 5.78 Å². The summed E-state index contributed by atoms with van der Waals surface area (Å²) in [5, 5.41) is 14.8. The molecular weight excluding hydrogens is 252 g/mol. The summed E-state index contributed by atoms with van der Waals surface area (Å²) >= 11 is 0. The van der Waals surface area contributed by atoms with Gasteiger partial charge in [-0.3, -0.25) is 9.48 Å². The molecule has 1 aromatic heterocycles.